The van der Waals surface area contributed by atoms with Crippen LogP contribution in [0.2, 0.25) is 0 Å². The molecule has 17 heavy (non-hydrogen) atoms. The molecule has 1 N–H and O–H groups in total. The highest BCUT2D eigenvalue weighted by Gasteiger charge is 2.36. The van der Waals surface area contributed by atoms with E-state index in [1.165, 1.54) is 13.5 Å². The van der Waals surface area contributed by atoms with Crippen molar-refractivity contribution in [1.29, 1.82) is 0 Å². The van der Waals surface area contributed by atoms with Crippen molar-refractivity contribution in [3.63, 3.8) is 0 Å². The van der Waals surface area contributed by atoms with E-state index in [9.17, 15) is 9.50 Å². The van der Waals surface area contributed by atoms with Crippen LogP contribution >= 0.6 is 0 Å². The third-order valence-corrected chi connectivity index (χ3v) is 3.22. The predicted octanol–water partition coefficient (Wildman–Crippen LogP) is 1.94. The topological polar surface area (TPSA) is 29.5 Å². The van der Waals surface area contributed by atoms with Crippen molar-refractivity contribution in [3.05, 3.63) is 29.6 Å². The molecule has 2 nitrogen and oxygen atoms in total. The lowest BCUT2D eigenvalue weighted by Crippen LogP contribution is -2.49. The minimum atomic E-state index is -1.01. The van der Waals surface area contributed by atoms with Crippen LogP contribution in [-0.2, 0) is 4.65 Å². The maximum Gasteiger partial charge on any atom is 0.334 e. The molecule has 0 aliphatic rings. The second-order valence-electron chi connectivity index (χ2n) is 5.28. The Labute approximate surface area is 103 Å². The number of benzene rings is 1. The summed E-state index contributed by atoms with van der Waals surface area (Å²) in [5, 5.41) is 9.92. The molecule has 0 atom stereocenters. The largest absolute Gasteiger partial charge is 0.427 e. The lowest BCUT2D eigenvalue weighted by molar-refractivity contribution is -0.0893. The van der Waals surface area contributed by atoms with Crippen LogP contribution in [0.25, 0.3) is 0 Å². The summed E-state index contributed by atoms with van der Waals surface area (Å²) >= 11 is 0. The van der Waals surface area contributed by atoms with Gasteiger partial charge >= 0.3 is 7.48 Å². The fourth-order valence-corrected chi connectivity index (χ4v) is 1.14. The van der Waals surface area contributed by atoms with Crippen LogP contribution in [0.15, 0.2) is 18.2 Å². The highest BCUT2D eigenvalue weighted by molar-refractivity contribution is 6.47. The van der Waals surface area contributed by atoms with Crippen LogP contribution in [0, 0.1) is 12.7 Å². The Balaban J connectivity index is 2.81. The van der Waals surface area contributed by atoms with Gasteiger partial charge in [-0.15, -0.1) is 0 Å². The van der Waals surface area contributed by atoms with Crippen LogP contribution in [0.1, 0.15) is 33.3 Å². The maximum absolute atomic E-state index is 13.5. The van der Waals surface area contributed by atoms with Gasteiger partial charge < -0.3 is 9.76 Å². The van der Waals surface area contributed by atoms with Gasteiger partial charge in [0, 0.05) is 0 Å². The number of hydrogen-bond acceptors (Lipinski definition) is 2. The van der Waals surface area contributed by atoms with E-state index in [0.717, 1.165) is 5.56 Å². The first kappa shape index (κ1) is 14.2. The number of aryl methyl sites for hydroxylation is 1. The summed E-state index contributed by atoms with van der Waals surface area (Å²) in [5.74, 6) is -0.323. The first-order chi connectivity index (χ1) is 7.65. The van der Waals surface area contributed by atoms with E-state index in [0.29, 0.717) is 5.46 Å². The quantitative estimate of drug-likeness (QED) is 0.811. The van der Waals surface area contributed by atoms with Gasteiger partial charge in [0.15, 0.2) is 0 Å². The molecule has 0 spiro atoms. The third kappa shape index (κ3) is 3.30. The number of hydrogen-bond donors (Lipinski definition) is 1. The maximum atomic E-state index is 13.5. The molecule has 0 bridgehead atoms. The van der Waals surface area contributed by atoms with Crippen molar-refractivity contribution in [2.24, 2.45) is 0 Å². The molecule has 0 fully saturated rings. The van der Waals surface area contributed by atoms with Crippen molar-refractivity contribution in [2.75, 3.05) is 0 Å². The zero-order valence-corrected chi connectivity index (χ0v) is 11.0. The van der Waals surface area contributed by atoms with E-state index < -0.39 is 11.2 Å². The first-order valence-electron chi connectivity index (χ1n) is 5.64. The Hall–Kier alpha value is -0.865. The first-order valence-corrected chi connectivity index (χ1v) is 5.64. The van der Waals surface area contributed by atoms with Gasteiger partial charge in [-0.2, -0.15) is 0 Å². The number of halogens is 1. The Morgan fingerprint density at radius 2 is 1.82 bits per heavy atom. The molecular formula is C13H19BFO2. The monoisotopic (exact) mass is 237 g/mol. The molecule has 0 aliphatic carbocycles. The molecule has 0 aliphatic heterocycles. The average molecular weight is 237 g/mol. The van der Waals surface area contributed by atoms with Gasteiger partial charge in [-0.1, -0.05) is 17.7 Å². The molecule has 1 rings (SSSR count). The summed E-state index contributed by atoms with van der Waals surface area (Å²) in [6, 6.07) is 4.86. The van der Waals surface area contributed by atoms with Crippen molar-refractivity contribution in [3.8, 4) is 0 Å². The van der Waals surface area contributed by atoms with E-state index in [1.807, 2.05) is 13.0 Å². The highest BCUT2D eigenvalue weighted by atomic mass is 19.1. The number of aliphatic hydroxyl groups is 1. The van der Waals surface area contributed by atoms with Crippen LogP contribution in [0.4, 0.5) is 4.39 Å². The van der Waals surface area contributed by atoms with Crippen molar-refractivity contribution >= 4 is 12.9 Å². The van der Waals surface area contributed by atoms with Gasteiger partial charge in [0.05, 0.1) is 11.2 Å². The van der Waals surface area contributed by atoms with Gasteiger partial charge in [0.25, 0.3) is 0 Å². The molecule has 1 aromatic carbocycles. The fourth-order valence-electron chi connectivity index (χ4n) is 1.14. The Morgan fingerprint density at radius 3 is 2.29 bits per heavy atom. The molecule has 93 valence electrons. The Morgan fingerprint density at radius 1 is 1.24 bits per heavy atom. The number of rotatable bonds is 4. The van der Waals surface area contributed by atoms with Gasteiger partial charge in [0.1, 0.15) is 5.82 Å². The summed E-state index contributed by atoms with van der Waals surface area (Å²) in [6.45, 7) is 8.67. The molecule has 1 aromatic rings. The molecule has 0 aromatic heterocycles. The lowest BCUT2D eigenvalue weighted by Gasteiger charge is -2.37. The van der Waals surface area contributed by atoms with E-state index in [1.54, 1.807) is 33.8 Å². The highest BCUT2D eigenvalue weighted by Crippen LogP contribution is 2.24. The van der Waals surface area contributed by atoms with Crippen molar-refractivity contribution < 1.29 is 14.2 Å². The zero-order chi connectivity index (χ0) is 13.3. The standard InChI is InChI=1S/C13H19BFO2/c1-9-7-6-8-10(15)11(9)14-17-13(4,5)12(2,3)16/h6-8,16H,1-5H3. The van der Waals surface area contributed by atoms with Crippen molar-refractivity contribution in [2.45, 2.75) is 45.8 Å². The van der Waals surface area contributed by atoms with Gasteiger partial charge in [0.2, 0.25) is 0 Å². The molecule has 0 unspecified atom stereocenters. The smallest absolute Gasteiger partial charge is 0.334 e. The SMILES string of the molecule is Cc1cccc(F)c1[B]OC(C)(C)C(C)(C)O. The second kappa shape index (κ2) is 4.79. The van der Waals surface area contributed by atoms with Crippen LogP contribution < -0.4 is 5.46 Å². The van der Waals surface area contributed by atoms with Gasteiger partial charge in [-0.3, -0.25) is 0 Å². The minimum absolute atomic E-state index is 0.323. The van der Waals surface area contributed by atoms with Crippen LogP contribution in [0.5, 0.6) is 0 Å². The van der Waals surface area contributed by atoms with Gasteiger partial charge in [-0.25, -0.2) is 4.39 Å². The fraction of sp³-hybridized carbons (Fsp3) is 0.538. The summed E-state index contributed by atoms with van der Waals surface area (Å²) in [6.07, 6.45) is 0. The molecule has 1 radical (unpaired) electrons. The normalized spacial score (nSPS) is 12.6. The Kier molecular flexibility index (Phi) is 4.00. The van der Waals surface area contributed by atoms with E-state index in [2.05, 4.69) is 0 Å². The van der Waals surface area contributed by atoms with E-state index in [-0.39, 0.29) is 5.82 Å². The van der Waals surface area contributed by atoms with Crippen molar-refractivity contribution in [1.82, 2.24) is 0 Å². The lowest BCUT2D eigenvalue weighted by atomic mass is 9.80. The van der Waals surface area contributed by atoms with E-state index in [4.69, 9.17) is 4.65 Å². The molecule has 0 saturated carbocycles. The minimum Gasteiger partial charge on any atom is -0.427 e. The second-order valence-corrected chi connectivity index (χ2v) is 5.28. The Bertz CT molecular complexity index is 377. The molecule has 4 heteroatoms. The molecule has 0 heterocycles. The van der Waals surface area contributed by atoms with Gasteiger partial charge in [-0.05, 0) is 46.1 Å². The third-order valence-electron chi connectivity index (χ3n) is 3.22. The summed E-state index contributed by atoms with van der Waals surface area (Å²) in [7, 11) is 1.38. The predicted molar refractivity (Wildman–Crippen MR) is 68.0 cm³/mol. The summed E-state index contributed by atoms with van der Waals surface area (Å²) in [4.78, 5) is 0. The zero-order valence-electron chi connectivity index (χ0n) is 11.0. The average Bonchev–Trinajstić information content (AvgIpc) is 2.15. The molecular weight excluding hydrogens is 218 g/mol. The van der Waals surface area contributed by atoms with Crippen LogP contribution in [-0.4, -0.2) is 23.8 Å². The summed E-state index contributed by atoms with van der Waals surface area (Å²) < 4.78 is 19.1. The molecule has 0 saturated heterocycles. The summed E-state index contributed by atoms with van der Waals surface area (Å²) in [5.41, 5.74) is -0.578. The van der Waals surface area contributed by atoms with E-state index >= 15 is 0 Å². The van der Waals surface area contributed by atoms with Crippen LogP contribution in [0.3, 0.4) is 0 Å². The molecule has 0 amide bonds.